The van der Waals surface area contributed by atoms with E-state index in [-0.39, 0.29) is 17.3 Å². The number of ether oxygens (including phenoxy) is 1. The topological polar surface area (TPSA) is 92.9 Å². The van der Waals surface area contributed by atoms with Gasteiger partial charge in [-0.2, -0.15) is 0 Å². The second kappa shape index (κ2) is 6.09. The Kier molecular flexibility index (Phi) is 4.42. The van der Waals surface area contributed by atoms with Gasteiger partial charge < -0.3 is 14.7 Å². The molecular weight excluding hydrogens is 276 g/mol. The molecular formula is C14H18N2O5. The second-order valence-corrected chi connectivity index (χ2v) is 5.03. The van der Waals surface area contributed by atoms with Crippen LogP contribution in [0.4, 0.5) is 11.4 Å². The molecule has 0 aliphatic carbocycles. The number of carboxylic acid groups (broad SMARTS) is 1. The van der Waals surface area contributed by atoms with E-state index in [0.717, 1.165) is 12.5 Å². The van der Waals surface area contributed by atoms with Crippen molar-refractivity contribution >= 4 is 17.3 Å². The quantitative estimate of drug-likeness (QED) is 0.676. The molecule has 1 unspecified atom stereocenters. The number of carboxylic acids is 1. The van der Waals surface area contributed by atoms with E-state index < -0.39 is 10.9 Å². The van der Waals surface area contributed by atoms with Gasteiger partial charge in [0.2, 0.25) is 0 Å². The number of hydrogen-bond acceptors (Lipinski definition) is 5. The highest BCUT2D eigenvalue weighted by Gasteiger charge is 2.27. The molecule has 1 heterocycles. The molecule has 114 valence electrons. The Hall–Kier alpha value is -2.15. The largest absolute Gasteiger partial charge is 0.478 e. The summed E-state index contributed by atoms with van der Waals surface area (Å²) in [6, 6.07) is 2.72. The summed E-state index contributed by atoms with van der Waals surface area (Å²) in [5.74, 6) is -1.17. The number of hydrogen-bond donors (Lipinski definition) is 1. The highest BCUT2D eigenvalue weighted by Crippen LogP contribution is 2.33. The average Bonchev–Trinajstić information content (AvgIpc) is 2.46. The predicted octanol–water partition coefficient (Wildman–Crippen LogP) is 2.22. The lowest BCUT2D eigenvalue weighted by Crippen LogP contribution is -2.45. The van der Waals surface area contributed by atoms with Gasteiger partial charge in [-0.25, -0.2) is 4.79 Å². The average molecular weight is 294 g/mol. The van der Waals surface area contributed by atoms with Gasteiger partial charge in [0.15, 0.2) is 0 Å². The lowest BCUT2D eigenvalue weighted by Gasteiger charge is -2.37. The van der Waals surface area contributed by atoms with Gasteiger partial charge in [0.1, 0.15) is 0 Å². The van der Waals surface area contributed by atoms with Gasteiger partial charge in [0.05, 0.1) is 35.3 Å². The summed E-state index contributed by atoms with van der Waals surface area (Å²) in [5, 5.41) is 20.3. The zero-order valence-electron chi connectivity index (χ0n) is 12.0. The zero-order chi connectivity index (χ0) is 15.6. The van der Waals surface area contributed by atoms with Crippen molar-refractivity contribution in [3.05, 3.63) is 33.4 Å². The summed E-state index contributed by atoms with van der Waals surface area (Å²) >= 11 is 0. The first-order chi connectivity index (χ1) is 9.95. The van der Waals surface area contributed by atoms with E-state index in [1.54, 1.807) is 6.92 Å². The van der Waals surface area contributed by atoms with Crippen molar-refractivity contribution < 1.29 is 19.6 Å². The van der Waals surface area contributed by atoms with Crippen molar-refractivity contribution in [3.8, 4) is 0 Å². The van der Waals surface area contributed by atoms with Crippen LogP contribution in [0, 0.1) is 17.0 Å². The second-order valence-electron chi connectivity index (χ2n) is 5.03. The number of benzene rings is 1. The van der Waals surface area contributed by atoms with E-state index in [0.29, 0.717) is 31.0 Å². The van der Waals surface area contributed by atoms with Crippen LogP contribution < -0.4 is 4.90 Å². The maximum atomic E-state index is 11.2. The van der Waals surface area contributed by atoms with E-state index in [1.807, 2.05) is 11.8 Å². The number of anilines is 1. The van der Waals surface area contributed by atoms with Crippen molar-refractivity contribution in [2.75, 3.05) is 24.7 Å². The number of morpholine rings is 1. The van der Waals surface area contributed by atoms with Crippen molar-refractivity contribution in [2.24, 2.45) is 0 Å². The molecule has 0 bridgehead atoms. The number of nitro benzene ring substituents is 1. The van der Waals surface area contributed by atoms with Crippen LogP contribution in [0.25, 0.3) is 0 Å². The number of rotatable bonds is 4. The molecule has 0 aromatic heterocycles. The molecule has 1 aromatic carbocycles. The lowest BCUT2D eigenvalue weighted by molar-refractivity contribution is -0.385. The molecule has 1 fully saturated rings. The fourth-order valence-electron chi connectivity index (χ4n) is 2.61. The summed E-state index contributed by atoms with van der Waals surface area (Å²) in [5.41, 5.74) is 0.872. The summed E-state index contributed by atoms with van der Waals surface area (Å²) in [6.45, 7) is 5.33. The van der Waals surface area contributed by atoms with Gasteiger partial charge >= 0.3 is 5.97 Å². The number of nitro groups is 1. The summed E-state index contributed by atoms with van der Waals surface area (Å²) in [6.07, 6.45) is 0.824. The summed E-state index contributed by atoms with van der Waals surface area (Å²) < 4.78 is 5.43. The molecule has 1 aliphatic heterocycles. The first-order valence-corrected chi connectivity index (χ1v) is 6.82. The van der Waals surface area contributed by atoms with Crippen LogP contribution in [-0.2, 0) is 4.74 Å². The van der Waals surface area contributed by atoms with Crippen LogP contribution in [-0.4, -0.2) is 41.8 Å². The molecule has 21 heavy (non-hydrogen) atoms. The minimum Gasteiger partial charge on any atom is -0.478 e. The molecule has 1 atom stereocenters. The molecule has 1 saturated heterocycles. The van der Waals surface area contributed by atoms with Gasteiger partial charge in [0, 0.05) is 18.3 Å². The first kappa shape index (κ1) is 15.2. The Morgan fingerprint density at radius 1 is 1.57 bits per heavy atom. The molecule has 7 heteroatoms. The van der Waals surface area contributed by atoms with Crippen LogP contribution in [0.15, 0.2) is 12.1 Å². The molecule has 7 nitrogen and oxygen atoms in total. The first-order valence-electron chi connectivity index (χ1n) is 6.82. The Morgan fingerprint density at radius 2 is 2.29 bits per heavy atom. The monoisotopic (exact) mass is 294 g/mol. The maximum Gasteiger partial charge on any atom is 0.336 e. The van der Waals surface area contributed by atoms with Crippen LogP contribution >= 0.6 is 0 Å². The highest BCUT2D eigenvalue weighted by atomic mass is 16.6. The number of aromatic carboxylic acids is 1. The fraction of sp³-hybridized carbons (Fsp3) is 0.500. The SMILES string of the molecule is CCC1COCCN1c1cc(C(=O)O)cc([N+](=O)[O-])c1C. The van der Waals surface area contributed by atoms with Gasteiger partial charge in [-0.05, 0) is 19.4 Å². The molecule has 1 N–H and O–H groups in total. The van der Waals surface area contributed by atoms with E-state index in [9.17, 15) is 14.9 Å². The minimum atomic E-state index is -1.17. The Labute approximate surface area is 122 Å². The lowest BCUT2D eigenvalue weighted by atomic mass is 10.0. The van der Waals surface area contributed by atoms with Gasteiger partial charge in [0.25, 0.3) is 5.69 Å². The Balaban J connectivity index is 2.55. The summed E-state index contributed by atoms with van der Waals surface area (Å²) in [4.78, 5) is 23.8. The third-order valence-corrected chi connectivity index (χ3v) is 3.80. The Morgan fingerprint density at radius 3 is 2.86 bits per heavy atom. The van der Waals surface area contributed by atoms with Gasteiger partial charge in [-0.15, -0.1) is 0 Å². The molecule has 0 saturated carbocycles. The van der Waals surface area contributed by atoms with Crippen LogP contribution in [0.1, 0.15) is 29.3 Å². The third-order valence-electron chi connectivity index (χ3n) is 3.80. The van der Waals surface area contributed by atoms with Crippen molar-refractivity contribution in [3.63, 3.8) is 0 Å². The van der Waals surface area contributed by atoms with E-state index in [4.69, 9.17) is 9.84 Å². The van der Waals surface area contributed by atoms with E-state index in [2.05, 4.69) is 0 Å². The molecule has 1 aromatic rings. The zero-order valence-corrected chi connectivity index (χ0v) is 12.0. The van der Waals surface area contributed by atoms with Gasteiger partial charge in [-0.1, -0.05) is 6.92 Å². The van der Waals surface area contributed by atoms with E-state index in [1.165, 1.54) is 6.07 Å². The highest BCUT2D eigenvalue weighted by molar-refractivity contribution is 5.90. The van der Waals surface area contributed by atoms with Crippen molar-refractivity contribution in [2.45, 2.75) is 26.3 Å². The molecule has 2 rings (SSSR count). The molecule has 0 spiro atoms. The van der Waals surface area contributed by atoms with E-state index >= 15 is 0 Å². The standard InChI is InChI=1S/C14H18N2O5/c1-3-11-8-21-5-4-15(11)12-6-10(14(17)18)7-13(9(12)2)16(19)20/h6-7,11H,3-5,8H2,1-2H3,(H,17,18). The minimum absolute atomic E-state index is 0.0661. The van der Waals surface area contributed by atoms with Crippen molar-refractivity contribution in [1.29, 1.82) is 0 Å². The molecule has 0 radical (unpaired) electrons. The normalized spacial score (nSPS) is 18.6. The van der Waals surface area contributed by atoms with Crippen molar-refractivity contribution in [1.82, 2.24) is 0 Å². The number of carbonyl (C=O) groups is 1. The molecule has 0 amide bonds. The van der Waals surface area contributed by atoms with Gasteiger partial charge in [-0.3, -0.25) is 10.1 Å². The number of nitrogens with zero attached hydrogens (tertiary/aromatic N) is 2. The van der Waals surface area contributed by atoms with Crippen LogP contribution in [0.2, 0.25) is 0 Å². The van der Waals surface area contributed by atoms with Crippen LogP contribution in [0.3, 0.4) is 0 Å². The third kappa shape index (κ3) is 2.97. The maximum absolute atomic E-state index is 11.2. The smallest absolute Gasteiger partial charge is 0.336 e. The summed E-state index contributed by atoms with van der Waals surface area (Å²) in [7, 11) is 0. The van der Waals surface area contributed by atoms with Crippen LogP contribution in [0.5, 0.6) is 0 Å². The molecule has 1 aliphatic rings. The Bertz CT molecular complexity index is 573. The fourth-order valence-corrected chi connectivity index (χ4v) is 2.61. The predicted molar refractivity (Wildman–Crippen MR) is 77.0 cm³/mol.